The highest BCUT2D eigenvalue weighted by molar-refractivity contribution is 5.79. The standard InChI is InChI=1S/C12H21N3O/c1-10(2)15(8-4-6-13)12(16)11-5-3-7-14-9-11/h10-11,14H,3-5,7-9H2,1-2H3/t11-/m1/s1. The molecule has 0 unspecified atom stereocenters. The fourth-order valence-corrected chi connectivity index (χ4v) is 2.09. The van der Waals surface area contributed by atoms with Crippen molar-refractivity contribution in [1.82, 2.24) is 10.2 Å². The monoisotopic (exact) mass is 223 g/mol. The Labute approximate surface area is 97.6 Å². The van der Waals surface area contributed by atoms with Gasteiger partial charge in [-0.05, 0) is 33.2 Å². The molecule has 0 aromatic carbocycles. The number of nitrogens with zero attached hydrogens (tertiary/aromatic N) is 2. The molecule has 16 heavy (non-hydrogen) atoms. The van der Waals surface area contributed by atoms with E-state index in [1.165, 1.54) is 0 Å². The molecule has 4 heteroatoms. The molecule has 0 aliphatic carbocycles. The van der Waals surface area contributed by atoms with Crippen LogP contribution in [-0.4, -0.2) is 36.5 Å². The van der Waals surface area contributed by atoms with Crippen LogP contribution in [0.5, 0.6) is 0 Å². The second kappa shape index (κ2) is 6.49. The van der Waals surface area contributed by atoms with E-state index in [4.69, 9.17) is 5.26 Å². The van der Waals surface area contributed by atoms with E-state index in [9.17, 15) is 4.79 Å². The van der Waals surface area contributed by atoms with Crippen molar-refractivity contribution >= 4 is 5.91 Å². The second-order valence-electron chi connectivity index (χ2n) is 4.58. The topological polar surface area (TPSA) is 56.1 Å². The van der Waals surface area contributed by atoms with Crippen molar-refractivity contribution in [2.24, 2.45) is 5.92 Å². The summed E-state index contributed by atoms with van der Waals surface area (Å²) in [6, 6.07) is 2.28. The van der Waals surface area contributed by atoms with Gasteiger partial charge in [0.15, 0.2) is 0 Å². The molecule has 1 atom stereocenters. The summed E-state index contributed by atoms with van der Waals surface area (Å²) in [6.07, 6.45) is 2.46. The van der Waals surface area contributed by atoms with Crippen molar-refractivity contribution in [2.45, 2.75) is 39.2 Å². The summed E-state index contributed by atoms with van der Waals surface area (Å²) in [5, 5.41) is 11.8. The SMILES string of the molecule is CC(C)N(CCC#N)C(=O)[C@@H]1CCCNC1. The highest BCUT2D eigenvalue weighted by Crippen LogP contribution is 2.15. The Balaban J connectivity index is 2.55. The minimum atomic E-state index is 0.106. The van der Waals surface area contributed by atoms with Crippen LogP contribution in [0, 0.1) is 17.2 Å². The van der Waals surface area contributed by atoms with Gasteiger partial charge in [0, 0.05) is 19.1 Å². The fraction of sp³-hybridized carbons (Fsp3) is 0.833. The highest BCUT2D eigenvalue weighted by Gasteiger charge is 2.26. The van der Waals surface area contributed by atoms with Crippen LogP contribution >= 0.6 is 0 Å². The van der Waals surface area contributed by atoms with Gasteiger partial charge in [0.05, 0.1) is 18.4 Å². The molecule has 1 fully saturated rings. The van der Waals surface area contributed by atoms with Crippen molar-refractivity contribution in [2.75, 3.05) is 19.6 Å². The van der Waals surface area contributed by atoms with Gasteiger partial charge in [0.1, 0.15) is 0 Å². The molecule has 0 radical (unpaired) electrons. The predicted octanol–water partition coefficient (Wildman–Crippen LogP) is 1.14. The number of rotatable bonds is 4. The lowest BCUT2D eigenvalue weighted by Gasteiger charge is -2.32. The molecule has 0 bridgehead atoms. The maximum Gasteiger partial charge on any atom is 0.227 e. The number of carbonyl (C=O) groups excluding carboxylic acids is 1. The first-order valence-electron chi connectivity index (χ1n) is 6.05. The van der Waals surface area contributed by atoms with E-state index in [1.54, 1.807) is 0 Å². The summed E-state index contributed by atoms with van der Waals surface area (Å²) in [4.78, 5) is 14.1. The molecule has 1 heterocycles. The number of amides is 1. The van der Waals surface area contributed by atoms with Gasteiger partial charge in [-0.3, -0.25) is 4.79 Å². The maximum absolute atomic E-state index is 12.2. The van der Waals surface area contributed by atoms with Crippen LogP contribution in [-0.2, 0) is 4.79 Å². The number of hydrogen-bond donors (Lipinski definition) is 1. The summed E-state index contributed by atoms with van der Waals surface area (Å²) in [5.74, 6) is 0.312. The smallest absolute Gasteiger partial charge is 0.227 e. The van der Waals surface area contributed by atoms with Crippen LogP contribution in [0.4, 0.5) is 0 Å². The lowest BCUT2D eigenvalue weighted by atomic mass is 9.97. The molecule has 1 aliphatic heterocycles. The molecule has 1 saturated heterocycles. The molecule has 1 aliphatic rings. The van der Waals surface area contributed by atoms with Crippen LogP contribution in [0.3, 0.4) is 0 Å². The highest BCUT2D eigenvalue weighted by atomic mass is 16.2. The Morgan fingerprint density at radius 1 is 1.62 bits per heavy atom. The largest absolute Gasteiger partial charge is 0.339 e. The van der Waals surface area contributed by atoms with E-state index in [0.29, 0.717) is 13.0 Å². The first-order chi connectivity index (χ1) is 7.66. The zero-order valence-electron chi connectivity index (χ0n) is 10.2. The molecular formula is C12H21N3O. The molecule has 0 aromatic rings. The van der Waals surface area contributed by atoms with Crippen molar-refractivity contribution in [3.63, 3.8) is 0 Å². The minimum absolute atomic E-state index is 0.106. The van der Waals surface area contributed by atoms with Crippen molar-refractivity contribution in [1.29, 1.82) is 5.26 Å². The third-order valence-electron chi connectivity index (χ3n) is 3.02. The molecular weight excluding hydrogens is 202 g/mol. The quantitative estimate of drug-likeness (QED) is 0.777. The van der Waals surface area contributed by atoms with Gasteiger partial charge in [0.2, 0.25) is 5.91 Å². The van der Waals surface area contributed by atoms with Crippen LogP contribution in [0.1, 0.15) is 33.1 Å². The van der Waals surface area contributed by atoms with Crippen LogP contribution in [0.25, 0.3) is 0 Å². The van der Waals surface area contributed by atoms with E-state index in [-0.39, 0.29) is 17.9 Å². The first kappa shape index (κ1) is 13.0. The number of nitriles is 1. The normalized spacial score (nSPS) is 20.5. The average Bonchev–Trinajstić information content (AvgIpc) is 2.30. The average molecular weight is 223 g/mol. The van der Waals surface area contributed by atoms with Crippen LogP contribution < -0.4 is 5.32 Å². The number of carbonyl (C=O) groups is 1. The summed E-state index contributed by atoms with van der Waals surface area (Å²) in [7, 11) is 0. The second-order valence-corrected chi connectivity index (χ2v) is 4.58. The molecule has 0 spiro atoms. The molecule has 90 valence electrons. The lowest BCUT2D eigenvalue weighted by molar-refractivity contribution is -0.137. The van der Waals surface area contributed by atoms with Crippen molar-refractivity contribution < 1.29 is 4.79 Å². The fourth-order valence-electron chi connectivity index (χ4n) is 2.09. The van der Waals surface area contributed by atoms with E-state index < -0.39 is 0 Å². The number of hydrogen-bond acceptors (Lipinski definition) is 3. The van der Waals surface area contributed by atoms with Gasteiger partial charge in [-0.25, -0.2) is 0 Å². The summed E-state index contributed by atoms with van der Waals surface area (Å²) >= 11 is 0. The van der Waals surface area contributed by atoms with Gasteiger partial charge in [-0.1, -0.05) is 0 Å². The van der Waals surface area contributed by atoms with Crippen LogP contribution in [0.15, 0.2) is 0 Å². The third-order valence-corrected chi connectivity index (χ3v) is 3.02. The number of nitrogens with one attached hydrogen (secondary N) is 1. The summed E-state index contributed by atoms with van der Waals surface area (Å²) in [5.41, 5.74) is 0. The third kappa shape index (κ3) is 3.49. The Kier molecular flexibility index (Phi) is 5.27. The van der Waals surface area contributed by atoms with Gasteiger partial charge < -0.3 is 10.2 Å². The van der Waals surface area contributed by atoms with E-state index in [1.807, 2.05) is 18.7 Å². The minimum Gasteiger partial charge on any atom is -0.339 e. The molecule has 1 amide bonds. The van der Waals surface area contributed by atoms with Gasteiger partial charge in [-0.15, -0.1) is 0 Å². The molecule has 0 aromatic heterocycles. The van der Waals surface area contributed by atoms with E-state index >= 15 is 0 Å². The summed E-state index contributed by atoms with van der Waals surface area (Å²) < 4.78 is 0. The summed E-state index contributed by atoms with van der Waals surface area (Å²) in [6.45, 7) is 6.37. The molecule has 1 rings (SSSR count). The predicted molar refractivity (Wildman–Crippen MR) is 62.7 cm³/mol. The zero-order chi connectivity index (χ0) is 12.0. The molecule has 0 saturated carbocycles. The van der Waals surface area contributed by atoms with Gasteiger partial charge >= 0.3 is 0 Å². The van der Waals surface area contributed by atoms with Crippen molar-refractivity contribution in [3.8, 4) is 6.07 Å². The first-order valence-corrected chi connectivity index (χ1v) is 6.05. The van der Waals surface area contributed by atoms with E-state index in [0.717, 1.165) is 25.9 Å². The Morgan fingerprint density at radius 3 is 2.88 bits per heavy atom. The van der Waals surface area contributed by atoms with Gasteiger partial charge in [-0.2, -0.15) is 5.26 Å². The Bertz CT molecular complexity index is 264. The Morgan fingerprint density at radius 2 is 2.38 bits per heavy atom. The van der Waals surface area contributed by atoms with E-state index in [2.05, 4.69) is 11.4 Å². The van der Waals surface area contributed by atoms with Crippen molar-refractivity contribution in [3.05, 3.63) is 0 Å². The number of piperidine rings is 1. The molecule has 4 nitrogen and oxygen atoms in total. The zero-order valence-corrected chi connectivity index (χ0v) is 10.2. The Hall–Kier alpha value is -1.08. The lowest BCUT2D eigenvalue weighted by Crippen LogP contribution is -2.46. The van der Waals surface area contributed by atoms with Gasteiger partial charge in [0.25, 0.3) is 0 Å². The maximum atomic E-state index is 12.2. The van der Waals surface area contributed by atoms with Crippen LogP contribution in [0.2, 0.25) is 0 Å². The molecule has 1 N–H and O–H groups in total.